The summed E-state index contributed by atoms with van der Waals surface area (Å²) in [5.74, 6) is 1.95. The van der Waals surface area contributed by atoms with E-state index in [0.717, 1.165) is 31.7 Å². The number of piperazine rings is 1. The van der Waals surface area contributed by atoms with Crippen LogP contribution in [0.25, 0.3) is 11.4 Å². The molecule has 5 rings (SSSR count). The number of benzene rings is 2. The van der Waals surface area contributed by atoms with Crippen LogP contribution in [-0.4, -0.2) is 58.6 Å². The maximum absolute atomic E-state index is 12.8. The first-order chi connectivity index (χ1) is 16.5. The molecule has 178 valence electrons. The number of nitrogens with zero attached hydrogens (tertiary/aromatic N) is 4. The van der Waals surface area contributed by atoms with Crippen LogP contribution in [0.5, 0.6) is 0 Å². The number of hydrogen-bond acceptors (Lipinski definition) is 6. The fraction of sp³-hybridized carbons (Fsp3) is 0.444. The number of amides is 1. The molecule has 0 radical (unpaired) electrons. The highest BCUT2D eigenvalue weighted by atomic mass is 16.5. The molecule has 1 N–H and O–H groups in total. The van der Waals surface area contributed by atoms with Crippen molar-refractivity contribution in [2.24, 2.45) is 5.92 Å². The molecule has 0 spiro atoms. The lowest BCUT2D eigenvalue weighted by Gasteiger charge is -2.33. The summed E-state index contributed by atoms with van der Waals surface area (Å²) in [6.07, 6.45) is 2.39. The van der Waals surface area contributed by atoms with Crippen molar-refractivity contribution in [2.75, 3.05) is 32.7 Å². The maximum atomic E-state index is 12.8. The van der Waals surface area contributed by atoms with Gasteiger partial charge in [0.25, 0.3) is 0 Å². The zero-order valence-electron chi connectivity index (χ0n) is 20.0. The number of aromatic nitrogens is 2. The van der Waals surface area contributed by atoms with Gasteiger partial charge in [0.05, 0.1) is 19.1 Å². The Balaban J connectivity index is 1.09. The Morgan fingerprint density at radius 3 is 2.24 bits per heavy atom. The fourth-order valence-corrected chi connectivity index (χ4v) is 4.53. The van der Waals surface area contributed by atoms with Crippen molar-refractivity contribution in [3.8, 4) is 11.4 Å². The van der Waals surface area contributed by atoms with E-state index in [9.17, 15) is 4.79 Å². The molecule has 1 unspecified atom stereocenters. The number of aryl methyl sites for hydroxylation is 2. The molecule has 1 aliphatic heterocycles. The van der Waals surface area contributed by atoms with Gasteiger partial charge in [-0.3, -0.25) is 14.6 Å². The molecule has 1 saturated carbocycles. The van der Waals surface area contributed by atoms with E-state index in [1.54, 1.807) is 0 Å². The highest BCUT2D eigenvalue weighted by Gasteiger charge is 2.33. The molecule has 3 aromatic rings. The Bertz CT molecular complexity index is 1100. The zero-order valence-corrected chi connectivity index (χ0v) is 20.0. The van der Waals surface area contributed by atoms with Gasteiger partial charge >= 0.3 is 0 Å². The Kier molecular flexibility index (Phi) is 6.74. The number of carbonyl (C=O) groups is 1. The minimum Gasteiger partial charge on any atom is -0.348 e. The maximum Gasteiger partial charge on any atom is 0.241 e. The second-order valence-electron chi connectivity index (χ2n) is 9.72. The predicted molar refractivity (Wildman–Crippen MR) is 131 cm³/mol. The topological polar surface area (TPSA) is 74.5 Å². The molecule has 7 heteroatoms. The van der Waals surface area contributed by atoms with Crippen molar-refractivity contribution in [1.29, 1.82) is 0 Å². The van der Waals surface area contributed by atoms with Crippen LogP contribution in [0.1, 0.15) is 41.5 Å². The molecule has 2 aliphatic rings. The van der Waals surface area contributed by atoms with E-state index in [-0.39, 0.29) is 11.9 Å². The summed E-state index contributed by atoms with van der Waals surface area (Å²) in [5.41, 5.74) is 4.63. The third-order valence-electron chi connectivity index (χ3n) is 6.82. The summed E-state index contributed by atoms with van der Waals surface area (Å²) in [5, 5.41) is 7.44. The van der Waals surface area contributed by atoms with E-state index in [4.69, 9.17) is 4.52 Å². The number of nitrogens with one attached hydrogen (secondary N) is 1. The lowest BCUT2D eigenvalue weighted by atomic mass is 10.0. The van der Waals surface area contributed by atoms with Crippen LogP contribution >= 0.6 is 0 Å². The summed E-state index contributed by atoms with van der Waals surface area (Å²) >= 11 is 0. The quantitative estimate of drug-likeness (QED) is 0.553. The Morgan fingerprint density at radius 2 is 1.59 bits per heavy atom. The SMILES string of the molecule is Cc1ccc(-c2noc(CN3CCN(CC(=O)NC(c4ccc(C)cc4)C4CC4)CC3)n2)cc1. The monoisotopic (exact) mass is 459 g/mol. The van der Waals surface area contributed by atoms with Crippen LogP contribution in [-0.2, 0) is 11.3 Å². The van der Waals surface area contributed by atoms with Gasteiger partial charge in [-0.2, -0.15) is 4.98 Å². The highest BCUT2D eigenvalue weighted by molar-refractivity contribution is 5.78. The third kappa shape index (κ3) is 5.72. The molecular formula is C27H33N5O2. The van der Waals surface area contributed by atoms with Crippen molar-refractivity contribution < 1.29 is 9.32 Å². The average molecular weight is 460 g/mol. The van der Waals surface area contributed by atoms with Crippen LogP contribution in [0.15, 0.2) is 53.1 Å². The minimum absolute atomic E-state index is 0.116. The molecular weight excluding hydrogens is 426 g/mol. The number of rotatable bonds is 8. The van der Waals surface area contributed by atoms with Gasteiger partial charge in [0.1, 0.15) is 0 Å². The van der Waals surface area contributed by atoms with Crippen LogP contribution in [0.2, 0.25) is 0 Å². The summed E-state index contributed by atoms with van der Waals surface area (Å²) in [6, 6.07) is 16.8. The third-order valence-corrected chi connectivity index (χ3v) is 6.82. The van der Waals surface area contributed by atoms with Crippen LogP contribution in [0.4, 0.5) is 0 Å². The Hall–Kier alpha value is -3.03. The average Bonchev–Trinajstić information content (AvgIpc) is 3.58. The van der Waals surface area contributed by atoms with Gasteiger partial charge in [0.15, 0.2) is 0 Å². The molecule has 0 bridgehead atoms. The standard InChI is InChI=1S/C27H33N5O2/c1-19-3-7-21(8-4-19)26(22-11-12-22)28-24(33)17-31-13-15-32(16-14-31)18-25-29-27(30-34-25)23-9-5-20(2)6-10-23/h3-10,22,26H,11-18H2,1-2H3,(H,28,33). The Labute approximate surface area is 201 Å². The molecule has 2 aromatic carbocycles. The molecule has 1 amide bonds. The van der Waals surface area contributed by atoms with Gasteiger partial charge in [-0.05, 0) is 38.2 Å². The predicted octanol–water partition coefficient (Wildman–Crippen LogP) is 3.74. The first-order valence-corrected chi connectivity index (χ1v) is 12.2. The second-order valence-corrected chi connectivity index (χ2v) is 9.72. The summed E-state index contributed by atoms with van der Waals surface area (Å²) in [4.78, 5) is 21.9. The van der Waals surface area contributed by atoms with Crippen molar-refractivity contribution in [3.05, 3.63) is 71.1 Å². The summed E-state index contributed by atoms with van der Waals surface area (Å²) < 4.78 is 5.48. The van der Waals surface area contributed by atoms with Gasteiger partial charge in [-0.25, -0.2) is 0 Å². The van der Waals surface area contributed by atoms with Crippen molar-refractivity contribution in [2.45, 2.75) is 39.3 Å². The van der Waals surface area contributed by atoms with Crippen LogP contribution < -0.4 is 5.32 Å². The fourth-order valence-electron chi connectivity index (χ4n) is 4.53. The van der Waals surface area contributed by atoms with E-state index < -0.39 is 0 Å². The van der Waals surface area contributed by atoms with Crippen LogP contribution in [0, 0.1) is 19.8 Å². The van der Waals surface area contributed by atoms with Crippen molar-refractivity contribution in [3.63, 3.8) is 0 Å². The van der Waals surface area contributed by atoms with Crippen molar-refractivity contribution >= 4 is 5.91 Å². The van der Waals surface area contributed by atoms with Gasteiger partial charge in [0, 0.05) is 31.7 Å². The highest BCUT2D eigenvalue weighted by Crippen LogP contribution is 2.41. The minimum atomic E-state index is 0.116. The smallest absolute Gasteiger partial charge is 0.241 e. The van der Waals surface area contributed by atoms with Gasteiger partial charge in [0.2, 0.25) is 17.6 Å². The lowest BCUT2D eigenvalue weighted by molar-refractivity contribution is -0.123. The largest absolute Gasteiger partial charge is 0.348 e. The molecule has 1 aromatic heterocycles. The summed E-state index contributed by atoms with van der Waals surface area (Å²) in [7, 11) is 0. The molecule has 1 saturated heterocycles. The van der Waals surface area contributed by atoms with Gasteiger partial charge in [-0.15, -0.1) is 0 Å². The van der Waals surface area contributed by atoms with Gasteiger partial charge < -0.3 is 9.84 Å². The molecule has 2 heterocycles. The lowest BCUT2D eigenvalue weighted by Crippen LogP contribution is -2.49. The van der Waals surface area contributed by atoms with E-state index in [2.05, 4.69) is 63.4 Å². The van der Waals surface area contributed by atoms with Gasteiger partial charge in [-0.1, -0.05) is 64.8 Å². The van der Waals surface area contributed by atoms with E-state index in [1.165, 1.54) is 29.5 Å². The first kappa shape index (κ1) is 22.7. The van der Waals surface area contributed by atoms with E-state index in [0.29, 0.717) is 30.7 Å². The molecule has 34 heavy (non-hydrogen) atoms. The zero-order chi connectivity index (χ0) is 23.5. The molecule has 7 nitrogen and oxygen atoms in total. The number of hydrogen-bond donors (Lipinski definition) is 1. The Morgan fingerprint density at radius 1 is 0.971 bits per heavy atom. The molecule has 2 fully saturated rings. The molecule has 1 atom stereocenters. The summed E-state index contributed by atoms with van der Waals surface area (Å²) in [6.45, 7) is 8.69. The number of carbonyl (C=O) groups excluding carboxylic acids is 1. The normalized spacial score (nSPS) is 18.1. The second kappa shape index (κ2) is 10.1. The van der Waals surface area contributed by atoms with Crippen LogP contribution in [0.3, 0.4) is 0 Å². The van der Waals surface area contributed by atoms with E-state index >= 15 is 0 Å². The van der Waals surface area contributed by atoms with Crippen molar-refractivity contribution in [1.82, 2.24) is 25.3 Å². The molecule has 1 aliphatic carbocycles. The first-order valence-electron chi connectivity index (χ1n) is 12.2. The van der Waals surface area contributed by atoms with E-state index in [1.807, 2.05) is 24.3 Å².